The fourth-order valence-electron chi connectivity index (χ4n) is 6.63. The molecule has 0 saturated carbocycles. The fraction of sp³-hybridized carbons (Fsp3) is 0.452. The van der Waals surface area contributed by atoms with Gasteiger partial charge in [-0.1, -0.05) is 74.3 Å². The molecule has 0 spiro atoms. The lowest BCUT2D eigenvalue weighted by Crippen LogP contribution is -2.57. The third kappa shape index (κ3) is 9.05. The number of rotatable bonds is 9. The minimum Gasteiger partial charge on any atom is -0.480 e. The van der Waals surface area contributed by atoms with Crippen LogP contribution < -0.4 is 10.1 Å². The number of fused-ring (bicyclic) bond motifs is 1. The Hall–Kier alpha value is -4.07. The number of amides is 2. The number of pyridine rings is 1. The Balaban J connectivity index is 1.17. The van der Waals surface area contributed by atoms with Crippen molar-refractivity contribution in [2.24, 2.45) is 0 Å². The van der Waals surface area contributed by atoms with E-state index in [2.05, 4.69) is 49.1 Å². The lowest BCUT2D eigenvalue weighted by Gasteiger charge is -2.46. The van der Waals surface area contributed by atoms with Gasteiger partial charge < -0.3 is 24.1 Å². The maximum Gasteiger partial charge on any atom is 0.410 e. The van der Waals surface area contributed by atoms with Crippen LogP contribution in [0.15, 0.2) is 48.7 Å². The Morgan fingerprint density at radius 3 is 2.29 bits per heavy atom. The van der Waals surface area contributed by atoms with Gasteiger partial charge in [0.1, 0.15) is 17.0 Å². The second-order valence-corrected chi connectivity index (χ2v) is 22.6. The van der Waals surface area contributed by atoms with E-state index in [1.54, 1.807) is 36.4 Å². The van der Waals surface area contributed by atoms with Crippen molar-refractivity contribution in [1.29, 1.82) is 0 Å². The van der Waals surface area contributed by atoms with E-state index in [-0.39, 0.29) is 23.4 Å². The average Bonchev–Trinajstić information content (AvgIpc) is 3.10. The number of nitrogens with zero attached hydrogens (tertiary/aromatic N) is 5. The predicted octanol–water partition coefficient (Wildman–Crippen LogP) is 9.58. The summed E-state index contributed by atoms with van der Waals surface area (Å²) in [5, 5.41) is 3.84. The molecule has 6 rings (SSSR count). The molecular weight excluding hydrogens is 767 g/mol. The van der Waals surface area contributed by atoms with Gasteiger partial charge in [-0.05, 0) is 75.5 Å². The second-order valence-electron chi connectivity index (χ2n) is 17.1. The van der Waals surface area contributed by atoms with Gasteiger partial charge in [0.05, 0.1) is 53.1 Å². The first-order valence-electron chi connectivity index (χ1n) is 18.9. The lowest BCUT2D eigenvalue weighted by molar-refractivity contribution is 0.00440. The van der Waals surface area contributed by atoms with Gasteiger partial charge in [0.15, 0.2) is 8.32 Å². The summed E-state index contributed by atoms with van der Waals surface area (Å²) in [6.07, 6.45) is 2.15. The maximum absolute atomic E-state index is 13.6. The summed E-state index contributed by atoms with van der Waals surface area (Å²) in [5.74, 6) is 0.00701. The molecule has 2 aliphatic heterocycles. The third-order valence-electron chi connectivity index (χ3n) is 10.7. The number of benzene rings is 2. The number of carbonyl (C=O) groups excluding carboxylic acids is 2. The Labute approximate surface area is 341 Å². The van der Waals surface area contributed by atoms with E-state index in [0.717, 1.165) is 29.9 Å². The number of likely N-dealkylation sites (tertiary alicyclic amines) is 1. The number of ether oxygens (including phenoxy) is 2. The van der Waals surface area contributed by atoms with Crippen molar-refractivity contribution in [3.63, 3.8) is 0 Å². The molecule has 2 amide bonds. The highest BCUT2D eigenvalue weighted by molar-refractivity contribution is 6.74. The van der Waals surface area contributed by atoms with Gasteiger partial charge in [-0.15, -0.1) is 0 Å². The molecule has 4 aromatic rings. The minimum atomic E-state index is -1.84. The Kier molecular flexibility index (Phi) is 11.9. The fourth-order valence-corrected chi connectivity index (χ4v) is 8.57. The van der Waals surface area contributed by atoms with Crippen molar-refractivity contribution >= 4 is 49.2 Å². The summed E-state index contributed by atoms with van der Waals surface area (Å²) in [6, 6.07) is 12.8. The molecule has 298 valence electrons. The Bertz CT molecular complexity index is 2150. The van der Waals surface area contributed by atoms with E-state index in [1.165, 1.54) is 0 Å². The van der Waals surface area contributed by atoms with E-state index >= 15 is 0 Å². The Morgan fingerprint density at radius 1 is 0.964 bits per heavy atom. The highest BCUT2D eigenvalue weighted by Crippen LogP contribution is 2.42. The number of carbonyl (C=O) groups is 2. The number of nitrogens with one attached hydrogen (secondary N) is 1. The van der Waals surface area contributed by atoms with Crippen LogP contribution in [0.1, 0.15) is 74.5 Å². The number of aryl methyl sites for hydroxylation is 1. The topological polar surface area (TPSA) is 119 Å². The zero-order valence-electron chi connectivity index (χ0n) is 34.0. The first-order chi connectivity index (χ1) is 26.2. The van der Waals surface area contributed by atoms with Crippen LogP contribution in [0.2, 0.25) is 28.2 Å². The van der Waals surface area contributed by atoms with E-state index < -0.39 is 25.9 Å². The van der Waals surface area contributed by atoms with Crippen LogP contribution in [0.25, 0.3) is 22.4 Å². The third-order valence-corrected chi connectivity index (χ3v) is 16.0. The molecule has 1 saturated heterocycles. The number of methoxy groups -OCH3 is 1. The smallest absolute Gasteiger partial charge is 0.410 e. The highest BCUT2D eigenvalue weighted by Gasteiger charge is 2.42. The SMILES string of the molecule is COc1nc(-c2cccc(-c3cccc(NC(=O)c4cc(C)c5c(n4)CN(C(=O)OC(C)(C)C)CC5)c3Cl)c2Cl)cnc1CN1CC(O[Si](C)(C)C(C)(C)C)C1. The van der Waals surface area contributed by atoms with Crippen LogP contribution >= 0.6 is 23.2 Å². The quantitative estimate of drug-likeness (QED) is 0.165. The molecule has 1 fully saturated rings. The van der Waals surface area contributed by atoms with Gasteiger partial charge >= 0.3 is 6.09 Å². The highest BCUT2D eigenvalue weighted by atomic mass is 35.5. The van der Waals surface area contributed by atoms with E-state index in [4.69, 9.17) is 47.1 Å². The van der Waals surface area contributed by atoms with Crippen molar-refractivity contribution < 1.29 is 23.5 Å². The largest absolute Gasteiger partial charge is 0.480 e. The summed E-state index contributed by atoms with van der Waals surface area (Å²) in [5.41, 5.74) is 5.88. The van der Waals surface area contributed by atoms with Crippen LogP contribution in [-0.4, -0.2) is 83.5 Å². The molecule has 0 unspecified atom stereocenters. The number of aromatic nitrogens is 3. The van der Waals surface area contributed by atoms with E-state index in [0.29, 0.717) is 69.2 Å². The lowest BCUT2D eigenvalue weighted by atomic mass is 9.99. The zero-order valence-corrected chi connectivity index (χ0v) is 36.5. The molecule has 1 N–H and O–H groups in total. The minimum absolute atomic E-state index is 0.164. The summed E-state index contributed by atoms with van der Waals surface area (Å²) >= 11 is 14.1. The first-order valence-corrected chi connectivity index (χ1v) is 22.6. The number of hydrogen-bond acceptors (Lipinski definition) is 9. The normalized spacial score (nSPS) is 15.2. The van der Waals surface area contributed by atoms with Crippen molar-refractivity contribution in [3.8, 4) is 28.3 Å². The van der Waals surface area contributed by atoms with Crippen molar-refractivity contribution in [2.45, 2.75) is 97.8 Å². The number of hydrogen-bond donors (Lipinski definition) is 1. The molecule has 0 atom stereocenters. The van der Waals surface area contributed by atoms with Crippen LogP contribution in [-0.2, 0) is 28.7 Å². The van der Waals surface area contributed by atoms with Gasteiger partial charge in [-0.2, -0.15) is 0 Å². The van der Waals surface area contributed by atoms with Crippen LogP contribution in [0.4, 0.5) is 10.5 Å². The predicted molar refractivity (Wildman–Crippen MR) is 224 cm³/mol. The summed E-state index contributed by atoms with van der Waals surface area (Å²) in [4.78, 5) is 44.6. The molecule has 0 radical (unpaired) electrons. The van der Waals surface area contributed by atoms with Gasteiger partial charge in [0.2, 0.25) is 5.88 Å². The second kappa shape index (κ2) is 16.1. The van der Waals surface area contributed by atoms with Crippen LogP contribution in [0, 0.1) is 6.92 Å². The molecule has 4 heterocycles. The standard InChI is InChI=1S/C42H52Cl2N6O5Si/c1-25-19-32(46-34-24-50(18-17-27(25)34)40(52)54-41(2,3)4)38(51)47-31-16-12-14-29(37(31)44)28-13-11-15-30(36(28)43)33-20-45-35(39(48-33)53-8)23-49-21-26(22-49)55-56(9,10)42(5,6)7/h11-16,19-20,26H,17-18,21-24H2,1-10H3,(H,47,51). The van der Waals surface area contributed by atoms with Crippen molar-refractivity contribution in [1.82, 2.24) is 24.8 Å². The molecule has 14 heteroatoms. The first kappa shape index (κ1) is 41.6. The molecule has 11 nitrogen and oxygen atoms in total. The average molecular weight is 820 g/mol. The molecule has 2 aliphatic rings. The summed E-state index contributed by atoms with van der Waals surface area (Å²) in [7, 11) is -0.245. The van der Waals surface area contributed by atoms with Gasteiger partial charge in [-0.3, -0.25) is 14.7 Å². The van der Waals surface area contributed by atoms with Crippen LogP contribution in [0.3, 0.4) is 0 Å². The molecule has 0 aliphatic carbocycles. The molecule has 56 heavy (non-hydrogen) atoms. The van der Waals surface area contributed by atoms with E-state index in [1.807, 2.05) is 52.0 Å². The summed E-state index contributed by atoms with van der Waals surface area (Å²) < 4.78 is 17.8. The van der Waals surface area contributed by atoms with Crippen molar-refractivity contribution in [3.05, 3.63) is 86.9 Å². The maximum atomic E-state index is 13.6. The molecule has 2 aromatic heterocycles. The van der Waals surface area contributed by atoms with Gasteiger partial charge in [0, 0.05) is 42.9 Å². The Morgan fingerprint density at radius 2 is 1.62 bits per heavy atom. The molecule has 2 aromatic carbocycles. The molecular formula is C42H52Cl2N6O5Si. The van der Waals surface area contributed by atoms with Gasteiger partial charge in [-0.25, -0.2) is 14.8 Å². The van der Waals surface area contributed by atoms with Crippen LogP contribution in [0.5, 0.6) is 5.88 Å². The van der Waals surface area contributed by atoms with E-state index in [9.17, 15) is 9.59 Å². The van der Waals surface area contributed by atoms with Crippen molar-refractivity contribution in [2.75, 3.05) is 32.1 Å². The summed E-state index contributed by atoms with van der Waals surface area (Å²) in [6.45, 7) is 21.8. The molecule has 0 bridgehead atoms. The monoisotopic (exact) mass is 818 g/mol. The number of halogens is 2. The zero-order chi connectivity index (χ0) is 40.7. The van der Waals surface area contributed by atoms with Gasteiger partial charge in [0.25, 0.3) is 5.91 Å². The number of anilines is 1.